The number of Topliss-reactive ketones (excluding diaryl/α,β-unsaturated/α-hetero) is 1. The van der Waals surface area contributed by atoms with Crippen molar-refractivity contribution < 1.29 is 9.90 Å². The van der Waals surface area contributed by atoms with E-state index in [4.69, 9.17) is 33.2 Å². The lowest BCUT2D eigenvalue weighted by Gasteiger charge is -2.17. The van der Waals surface area contributed by atoms with Crippen molar-refractivity contribution in [2.45, 2.75) is 39.0 Å². The van der Waals surface area contributed by atoms with E-state index in [1.165, 1.54) is 0 Å². The smallest absolute Gasteiger partial charge is 0.169 e. The van der Waals surface area contributed by atoms with Crippen molar-refractivity contribution in [3.8, 4) is 16.9 Å². The van der Waals surface area contributed by atoms with Gasteiger partial charge < -0.3 is 10.0 Å². The van der Waals surface area contributed by atoms with Crippen molar-refractivity contribution in [2.75, 3.05) is 27.2 Å². The molecular formula is C32H34Cl2N4O2. The minimum absolute atomic E-state index is 0.0401. The minimum Gasteiger partial charge on any atom is -0.505 e. The number of phenolic OH excluding ortho intramolecular Hbond substituents is 1. The highest BCUT2D eigenvalue weighted by atomic mass is 35.5. The van der Waals surface area contributed by atoms with Gasteiger partial charge in [-0.25, -0.2) is 0 Å². The first kappa shape index (κ1) is 28.5. The average molecular weight is 578 g/mol. The Morgan fingerprint density at radius 2 is 1.77 bits per heavy atom. The number of phenols is 1. The van der Waals surface area contributed by atoms with Crippen molar-refractivity contribution in [1.29, 1.82) is 0 Å². The quantitative estimate of drug-likeness (QED) is 0.289. The molecule has 8 heteroatoms. The lowest BCUT2D eigenvalue weighted by Crippen LogP contribution is -2.16. The first-order valence-corrected chi connectivity index (χ1v) is 14.5. The van der Waals surface area contributed by atoms with Crippen LogP contribution in [0.2, 0.25) is 10.0 Å². The molecule has 208 valence electrons. The molecule has 1 saturated carbocycles. The number of allylic oxidation sites excluding steroid dienone is 2. The van der Waals surface area contributed by atoms with Gasteiger partial charge in [0.25, 0.3) is 0 Å². The minimum atomic E-state index is -0.145. The zero-order valence-corrected chi connectivity index (χ0v) is 24.6. The molecule has 1 heterocycles. The summed E-state index contributed by atoms with van der Waals surface area (Å²) >= 11 is 12.4. The maximum absolute atomic E-state index is 13.4. The maximum atomic E-state index is 13.4. The number of aromatic nitrogens is 1. The van der Waals surface area contributed by atoms with Gasteiger partial charge in [-0.2, -0.15) is 0 Å². The Morgan fingerprint density at radius 3 is 2.48 bits per heavy atom. The lowest BCUT2D eigenvalue weighted by atomic mass is 9.93. The fourth-order valence-electron chi connectivity index (χ4n) is 4.91. The van der Waals surface area contributed by atoms with Crippen molar-refractivity contribution in [3.05, 3.63) is 64.3 Å². The van der Waals surface area contributed by atoms with Crippen LogP contribution in [0.4, 0.5) is 5.69 Å². The first-order valence-electron chi connectivity index (χ1n) is 13.8. The third-order valence-electron chi connectivity index (χ3n) is 7.44. The van der Waals surface area contributed by atoms with E-state index in [1.54, 1.807) is 18.3 Å². The largest absolute Gasteiger partial charge is 0.505 e. The van der Waals surface area contributed by atoms with Gasteiger partial charge in [-0.1, -0.05) is 36.2 Å². The van der Waals surface area contributed by atoms with E-state index in [1.807, 2.05) is 18.2 Å². The molecule has 40 heavy (non-hydrogen) atoms. The van der Waals surface area contributed by atoms with Gasteiger partial charge in [0.2, 0.25) is 0 Å². The predicted octanol–water partition coefficient (Wildman–Crippen LogP) is 7.96. The van der Waals surface area contributed by atoms with Crippen LogP contribution < -0.4 is 0 Å². The summed E-state index contributed by atoms with van der Waals surface area (Å²) in [6.45, 7) is 3.91. The van der Waals surface area contributed by atoms with Crippen molar-refractivity contribution in [2.24, 2.45) is 21.8 Å². The highest BCUT2D eigenvalue weighted by molar-refractivity contribution is 6.37. The summed E-state index contributed by atoms with van der Waals surface area (Å²) in [7, 11) is 4.10. The highest BCUT2D eigenvalue weighted by Gasteiger charge is 2.32. The van der Waals surface area contributed by atoms with Crippen LogP contribution in [0.25, 0.3) is 22.0 Å². The van der Waals surface area contributed by atoms with Crippen LogP contribution in [0.15, 0.2) is 58.7 Å². The second kappa shape index (κ2) is 12.2. The third-order valence-corrected chi connectivity index (χ3v) is 8.02. The van der Waals surface area contributed by atoms with Crippen LogP contribution in [0, 0.1) is 11.8 Å². The Bertz CT molecular complexity index is 1520. The normalized spacial score (nSPS) is 20.7. The number of hydrogen-bond acceptors (Lipinski definition) is 6. The third kappa shape index (κ3) is 6.63. The van der Waals surface area contributed by atoms with E-state index in [0.717, 1.165) is 78.6 Å². The Hall–Kier alpha value is -3.06. The topological polar surface area (TPSA) is 78.2 Å². The SMILES string of the molecule is CC1CCC(=NCCN(C)C)/C=C\C(=Nc2c(C(=O)C3CC3)cnc3ccc(-c4cc(Cl)c(O)c(Cl)c4)cc23)C1. The lowest BCUT2D eigenvalue weighted by molar-refractivity contribution is 0.0968. The summed E-state index contributed by atoms with van der Waals surface area (Å²) in [5.74, 6) is 0.422. The molecule has 6 nitrogen and oxygen atoms in total. The molecule has 0 amide bonds. The standard InChI is InChI=1S/C32H34Cl2N4O2/c1-19-4-8-23(35-12-13-38(2)3)9-10-24(14-19)37-30-25-15-21(22-16-27(33)32(40)28(34)17-22)7-11-29(25)36-18-26(30)31(39)20-5-6-20/h7,9-11,15-20,40H,4-6,8,12-14H2,1-3H3/b10-9-,35-23?,37-24?. The summed E-state index contributed by atoms with van der Waals surface area (Å²) in [4.78, 5) is 30.2. The molecule has 1 aromatic heterocycles. The number of aliphatic imine (C=N–C) groups is 2. The molecular weight excluding hydrogens is 543 g/mol. The van der Waals surface area contributed by atoms with Gasteiger partial charge in [0.05, 0.1) is 33.4 Å². The van der Waals surface area contributed by atoms with Gasteiger partial charge in [0.1, 0.15) is 0 Å². The van der Waals surface area contributed by atoms with Crippen LogP contribution in [-0.4, -0.2) is 59.4 Å². The molecule has 0 aliphatic heterocycles. The Balaban J connectivity index is 1.62. The zero-order chi connectivity index (χ0) is 28.4. The Morgan fingerprint density at radius 1 is 1.05 bits per heavy atom. The van der Waals surface area contributed by atoms with Crippen molar-refractivity contribution in [3.63, 3.8) is 0 Å². The fourth-order valence-corrected chi connectivity index (χ4v) is 5.39. The molecule has 1 unspecified atom stereocenters. The van der Waals surface area contributed by atoms with E-state index >= 15 is 0 Å². The number of carbonyl (C=O) groups is 1. The van der Waals surface area contributed by atoms with Gasteiger partial charge in [-0.15, -0.1) is 0 Å². The molecule has 1 fully saturated rings. The van der Waals surface area contributed by atoms with Crippen molar-refractivity contribution in [1.82, 2.24) is 9.88 Å². The summed E-state index contributed by atoms with van der Waals surface area (Å²) in [6, 6.07) is 9.19. The maximum Gasteiger partial charge on any atom is 0.169 e. The number of aromatic hydroxyl groups is 1. The molecule has 2 aliphatic rings. The molecule has 5 rings (SSSR count). The number of rotatable bonds is 7. The summed E-state index contributed by atoms with van der Waals surface area (Å²) in [5.41, 5.74) is 5.56. The fraction of sp³-hybridized carbons (Fsp3) is 0.375. The molecule has 1 N–H and O–H groups in total. The van der Waals surface area contributed by atoms with Crippen LogP contribution in [0.1, 0.15) is 49.4 Å². The highest BCUT2D eigenvalue weighted by Crippen LogP contribution is 2.41. The first-order chi connectivity index (χ1) is 19.2. The predicted molar refractivity (Wildman–Crippen MR) is 166 cm³/mol. The van der Waals surface area contributed by atoms with Crippen LogP contribution in [0.5, 0.6) is 5.75 Å². The number of nitrogens with zero attached hydrogens (tertiary/aromatic N) is 4. The van der Waals surface area contributed by atoms with Gasteiger partial charge in [-0.3, -0.25) is 19.8 Å². The van der Waals surface area contributed by atoms with E-state index in [9.17, 15) is 9.90 Å². The van der Waals surface area contributed by atoms with Gasteiger partial charge in [-0.05, 0) is 99.7 Å². The number of benzene rings is 2. The van der Waals surface area contributed by atoms with Crippen LogP contribution >= 0.6 is 23.2 Å². The summed E-state index contributed by atoms with van der Waals surface area (Å²) in [5, 5.41) is 11.2. The molecule has 2 aliphatic carbocycles. The van der Waals surface area contributed by atoms with Crippen LogP contribution in [0.3, 0.4) is 0 Å². The number of likely N-dealkylation sites (N-methyl/N-ethyl adjacent to an activating group) is 1. The number of halogens is 2. The van der Waals surface area contributed by atoms with E-state index in [2.05, 4.69) is 43.1 Å². The molecule has 0 radical (unpaired) electrons. The summed E-state index contributed by atoms with van der Waals surface area (Å²) in [6.07, 6.45) is 10.4. The molecule has 2 aromatic carbocycles. The Labute approximate surface area is 245 Å². The number of fused-ring (bicyclic) bond motifs is 1. The number of hydrogen-bond donors (Lipinski definition) is 1. The van der Waals surface area contributed by atoms with Crippen LogP contribution in [-0.2, 0) is 0 Å². The number of carbonyl (C=O) groups excluding carboxylic acids is 1. The second-order valence-corrected chi connectivity index (χ2v) is 12.0. The molecule has 1 atom stereocenters. The monoisotopic (exact) mass is 576 g/mol. The van der Waals surface area contributed by atoms with E-state index in [0.29, 0.717) is 17.2 Å². The average Bonchev–Trinajstić information content (AvgIpc) is 3.76. The molecule has 0 saturated heterocycles. The molecule has 3 aromatic rings. The second-order valence-electron chi connectivity index (χ2n) is 11.1. The number of pyridine rings is 1. The van der Waals surface area contributed by atoms with Gasteiger partial charge >= 0.3 is 0 Å². The van der Waals surface area contributed by atoms with Gasteiger partial charge in [0.15, 0.2) is 11.5 Å². The van der Waals surface area contributed by atoms with E-state index in [-0.39, 0.29) is 27.5 Å². The summed E-state index contributed by atoms with van der Waals surface area (Å²) < 4.78 is 0. The number of ketones is 1. The van der Waals surface area contributed by atoms with E-state index < -0.39 is 0 Å². The molecule has 0 bridgehead atoms. The Kier molecular flexibility index (Phi) is 8.69. The van der Waals surface area contributed by atoms with Gasteiger partial charge in [0, 0.05) is 35.5 Å². The zero-order valence-electron chi connectivity index (χ0n) is 23.1. The van der Waals surface area contributed by atoms with Crippen molar-refractivity contribution >= 4 is 57.0 Å². The molecule has 0 spiro atoms.